The van der Waals surface area contributed by atoms with E-state index in [0.717, 1.165) is 0 Å². The highest BCUT2D eigenvalue weighted by Gasteiger charge is 2.49. The Labute approximate surface area is 156 Å². The smallest absolute Gasteiger partial charge is 0.463 e. The number of rotatable bonds is 5. The fourth-order valence-corrected chi connectivity index (χ4v) is 4.58. The molecular weight excluding hydrogens is 369 g/mol. The molecule has 2 aliphatic rings. The Morgan fingerprint density at radius 1 is 0.962 bits per heavy atom. The topological polar surface area (TPSA) is 56.8 Å². The van der Waals surface area contributed by atoms with Crippen molar-refractivity contribution in [3.63, 3.8) is 0 Å². The molecule has 1 aliphatic heterocycles. The first-order chi connectivity index (χ1) is 12.6. The molecule has 2 unspecified atom stereocenters. The summed E-state index contributed by atoms with van der Waals surface area (Å²) in [7, 11) is -3.77. The molecule has 4 rings (SSSR count). The molecule has 0 radical (unpaired) electrons. The first-order valence-corrected chi connectivity index (χ1v) is 10.1. The van der Waals surface area contributed by atoms with Crippen molar-refractivity contribution in [1.29, 1.82) is 0 Å². The maximum atomic E-state index is 13.7. The zero-order valence-corrected chi connectivity index (χ0v) is 15.4. The first kappa shape index (κ1) is 17.0. The molecule has 5 nitrogen and oxygen atoms in total. The molecule has 2 aromatic carbocycles. The fraction of sp³-hybridized carbons (Fsp3) is 0.105. The van der Waals surface area contributed by atoms with Gasteiger partial charge in [0.1, 0.15) is 23.3 Å². The molecule has 2 aromatic rings. The minimum absolute atomic E-state index is 0.313. The van der Waals surface area contributed by atoms with E-state index in [1.165, 1.54) is 0 Å². The van der Waals surface area contributed by atoms with E-state index in [9.17, 15) is 4.57 Å². The molecule has 1 heterocycles. The highest BCUT2D eigenvalue weighted by Crippen LogP contribution is 2.54. The van der Waals surface area contributed by atoms with Crippen LogP contribution in [0.1, 0.15) is 0 Å². The summed E-state index contributed by atoms with van der Waals surface area (Å²) in [5.41, 5.74) is 0. The Kier molecular flexibility index (Phi) is 4.64. The van der Waals surface area contributed by atoms with Crippen molar-refractivity contribution >= 4 is 24.7 Å². The average Bonchev–Trinajstić information content (AvgIpc) is 3.10. The molecule has 0 spiro atoms. The normalized spacial score (nSPS) is 21.5. The second-order valence-corrected chi connectivity index (χ2v) is 8.13. The van der Waals surface area contributed by atoms with Crippen molar-refractivity contribution in [3.8, 4) is 11.5 Å². The first-order valence-electron chi connectivity index (χ1n) is 8.08. The van der Waals surface area contributed by atoms with Gasteiger partial charge >= 0.3 is 7.60 Å². The van der Waals surface area contributed by atoms with Crippen LogP contribution in [-0.2, 0) is 9.30 Å². The maximum absolute atomic E-state index is 13.7. The Morgan fingerprint density at radius 2 is 1.54 bits per heavy atom. The lowest BCUT2D eigenvalue weighted by Crippen LogP contribution is -2.36. The van der Waals surface area contributed by atoms with Gasteiger partial charge in [-0.15, -0.1) is 0 Å². The van der Waals surface area contributed by atoms with Gasteiger partial charge in [0, 0.05) is 4.86 Å². The third kappa shape index (κ3) is 3.44. The van der Waals surface area contributed by atoms with E-state index in [2.05, 4.69) is 5.32 Å². The van der Waals surface area contributed by atoms with Crippen molar-refractivity contribution in [2.75, 3.05) is 0 Å². The van der Waals surface area contributed by atoms with Crippen molar-refractivity contribution in [1.82, 2.24) is 5.32 Å². The molecule has 132 valence electrons. The molecule has 1 N–H and O–H groups in total. The second-order valence-electron chi connectivity index (χ2n) is 5.75. The van der Waals surface area contributed by atoms with Gasteiger partial charge in [-0.1, -0.05) is 54.7 Å². The quantitative estimate of drug-likeness (QED) is 0.607. The van der Waals surface area contributed by atoms with Crippen molar-refractivity contribution in [3.05, 3.63) is 84.7 Å². The van der Waals surface area contributed by atoms with Gasteiger partial charge < -0.3 is 13.8 Å². The van der Waals surface area contributed by atoms with Crippen LogP contribution < -0.4 is 14.4 Å². The predicted molar refractivity (Wildman–Crippen MR) is 103 cm³/mol. The van der Waals surface area contributed by atoms with Gasteiger partial charge in [-0.25, -0.2) is 4.57 Å². The van der Waals surface area contributed by atoms with E-state index < -0.39 is 13.6 Å². The third-order valence-corrected chi connectivity index (χ3v) is 6.02. The standard InChI is InChI=1S/C19H16NO4PS/c21-25(23-14-8-3-1-4-9-14,24-15-10-5-2-6-11-15)19-20-18-16(22-19)12-7-13-17(18)26/h1-13,18-20H. The van der Waals surface area contributed by atoms with E-state index in [4.69, 9.17) is 26.0 Å². The largest absolute Gasteiger partial charge is 0.486 e. The van der Waals surface area contributed by atoms with E-state index in [1.807, 2.05) is 18.2 Å². The summed E-state index contributed by atoms with van der Waals surface area (Å²) < 4.78 is 31.1. The van der Waals surface area contributed by atoms with Crippen LogP contribution in [0.5, 0.6) is 11.5 Å². The van der Waals surface area contributed by atoms with Gasteiger partial charge in [0.2, 0.25) is 0 Å². The van der Waals surface area contributed by atoms with E-state index in [1.54, 1.807) is 60.7 Å². The van der Waals surface area contributed by atoms with Gasteiger partial charge in [0.25, 0.3) is 5.97 Å². The fourth-order valence-electron chi connectivity index (χ4n) is 2.67. The summed E-state index contributed by atoms with van der Waals surface area (Å²) in [4.78, 5) is 0.663. The highest BCUT2D eigenvalue weighted by atomic mass is 32.1. The lowest BCUT2D eigenvalue weighted by Gasteiger charge is -2.24. The van der Waals surface area contributed by atoms with Gasteiger partial charge in [-0.3, -0.25) is 5.32 Å². The van der Waals surface area contributed by atoms with Gasteiger partial charge in [-0.2, -0.15) is 0 Å². The zero-order valence-electron chi connectivity index (χ0n) is 13.6. The minimum Gasteiger partial charge on any atom is -0.463 e. The number of allylic oxidation sites excluding steroid dienone is 2. The van der Waals surface area contributed by atoms with Crippen LogP contribution in [0.3, 0.4) is 0 Å². The highest BCUT2D eigenvalue weighted by molar-refractivity contribution is 7.81. The number of para-hydroxylation sites is 2. The summed E-state index contributed by atoms with van der Waals surface area (Å²) in [6.07, 6.45) is 5.41. The van der Waals surface area contributed by atoms with Gasteiger partial charge in [0.05, 0.1) is 0 Å². The Morgan fingerprint density at radius 3 is 2.08 bits per heavy atom. The molecule has 1 fully saturated rings. The van der Waals surface area contributed by atoms with Crippen molar-refractivity contribution < 1.29 is 18.3 Å². The van der Waals surface area contributed by atoms with Crippen LogP contribution in [0.2, 0.25) is 0 Å². The third-order valence-electron chi connectivity index (χ3n) is 3.89. The molecule has 1 aliphatic carbocycles. The number of benzene rings is 2. The zero-order chi connectivity index (χ0) is 18.0. The molecule has 0 amide bonds. The van der Waals surface area contributed by atoms with Crippen LogP contribution in [0.25, 0.3) is 0 Å². The Hall–Kier alpha value is -2.40. The van der Waals surface area contributed by atoms with Crippen LogP contribution >= 0.6 is 19.8 Å². The number of fused-ring (bicyclic) bond motifs is 1. The molecule has 7 heteroatoms. The molecular formula is C19H16NO4PS. The summed E-state index contributed by atoms with van der Waals surface area (Å²) >= 11 is 5.34. The van der Waals surface area contributed by atoms with E-state index >= 15 is 0 Å². The van der Waals surface area contributed by atoms with Gasteiger partial charge in [-0.05, 0) is 36.4 Å². The predicted octanol–water partition coefficient (Wildman–Crippen LogP) is 4.43. The SMILES string of the molecule is O=P(Oc1ccccc1)(Oc1ccccc1)C1NC2C(=S)C=CC=C2O1. The summed E-state index contributed by atoms with van der Waals surface area (Å²) in [5.74, 6) is 0.497. The number of ether oxygens (including phenoxy) is 1. The number of nitrogens with one attached hydrogen (secondary N) is 1. The van der Waals surface area contributed by atoms with E-state index in [0.29, 0.717) is 22.1 Å². The van der Waals surface area contributed by atoms with Crippen molar-refractivity contribution in [2.24, 2.45) is 0 Å². The molecule has 2 atom stereocenters. The Balaban J connectivity index is 1.65. The lowest BCUT2D eigenvalue weighted by atomic mass is 10.1. The Bertz CT molecular complexity index is 868. The minimum atomic E-state index is -3.77. The van der Waals surface area contributed by atoms with Crippen LogP contribution in [0.4, 0.5) is 0 Å². The second kappa shape index (κ2) is 7.08. The number of thiocarbonyl (C=S) groups is 1. The molecule has 26 heavy (non-hydrogen) atoms. The van der Waals surface area contributed by atoms with E-state index in [-0.39, 0.29) is 6.04 Å². The van der Waals surface area contributed by atoms with Crippen LogP contribution in [-0.4, -0.2) is 16.9 Å². The summed E-state index contributed by atoms with van der Waals surface area (Å²) in [6.45, 7) is 0. The van der Waals surface area contributed by atoms with Crippen LogP contribution in [0.15, 0.2) is 84.7 Å². The average molecular weight is 385 g/mol. The molecule has 0 saturated carbocycles. The molecule has 0 aromatic heterocycles. The molecule has 1 saturated heterocycles. The van der Waals surface area contributed by atoms with Gasteiger partial charge in [0.15, 0.2) is 0 Å². The summed E-state index contributed by atoms with van der Waals surface area (Å²) in [6, 6.07) is 17.4. The summed E-state index contributed by atoms with van der Waals surface area (Å²) in [5, 5.41) is 3.13. The maximum Gasteiger partial charge on any atom is 0.486 e. The molecule has 0 bridgehead atoms. The number of hydrogen-bond donors (Lipinski definition) is 1. The lowest BCUT2D eigenvalue weighted by molar-refractivity contribution is 0.181. The monoisotopic (exact) mass is 385 g/mol. The number of hydrogen-bond acceptors (Lipinski definition) is 6. The van der Waals surface area contributed by atoms with Crippen molar-refractivity contribution in [2.45, 2.75) is 12.0 Å². The van der Waals surface area contributed by atoms with Crippen LogP contribution in [0, 0.1) is 0 Å².